The number of carbonyl (C=O) groups excluding carboxylic acids is 1. The molecule has 0 fully saturated rings. The summed E-state index contributed by atoms with van der Waals surface area (Å²) in [5.41, 5.74) is -1.30. The normalized spacial score (nSPS) is 11.8. The van der Waals surface area contributed by atoms with E-state index in [1.54, 1.807) is 0 Å². The topological polar surface area (TPSA) is 121 Å². The number of carboxylic acid groups (broad SMARTS) is 1. The first-order chi connectivity index (χ1) is 7.90. The van der Waals surface area contributed by atoms with Crippen LogP contribution in [0.25, 0.3) is 0 Å². The maximum Gasteiger partial charge on any atom is 0.328 e. The van der Waals surface area contributed by atoms with E-state index >= 15 is 0 Å². The smallest absolute Gasteiger partial charge is 0.328 e. The van der Waals surface area contributed by atoms with Gasteiger partial charge in [0.15, 0.2) is 0 Å². The van der Waals surface area contributed by atoms with Crippen LogP contribution in [0.2, 0.25) is 0 Å². The molecule has 0 bridgehead atoms. The molecule has 92 valence electrons. The van der Waals surface area contributed by atoms with Crippen molar-refractivity contribution in [2.24, 2.45) is 0 Å². The van der Waals surface area contributed by atoms with Crippen LogP contribution < -0.4 is 16.6 Å². The van der Waals surface area contributed by atoms with Gasteiger partial charge in [-0.2, -0.15) is 0 Å². The van der Waals surface area contributed by atoms with E-state index in [4.69, 9.17) is 5.11 Å². The van der Waals surface area contributed by atoms with Gasteiger partial charge < -0.3 is 10.4 Å². The van der Waals surface area contributed by atoms with Crippen molar-refractivity contribution in [1.82, 2.24) is 14.9 Å². The van der Waals surface area contributed by atoms with Crippen LogP contribution in [0, 0.1) is 0 Å². The first kappa shape index (κ1) is 12.7. The Labute approximate surface area is 94.9 Å². The van der Waals surface area contributed by atoms with E-state index < -0.39 is 29.2 Å². The largest absolute Gasteiger partial charge is 0.480 e. The fourth-order valence-electron chi connectivity index (χ4n) is 1.22. The number of nitrogens with zero attached hydrogens (tertiary/aromatic N) is 1. The van der Waals surface area contributed by atoms with Gasteiger partial charge in [-0.25, -0.2) is 9.59 Å². The minimum Gasteiger partial charge on any atom is -0.480 e. The number of amides is 1. The fraction of sp³-hybridized carbons (Fsp3) is 0.333. The Kier molecular flexibility index (Phi) is 3.81. The molecule has 1 heterocycles. The number of carbonyl (C=O) groups is 2. The molecule has 1 amide bonds. The Morgan fingerprint density at radius 3 is 2.65 bits per heavy atom. The maximum atomic E-state index is 11.3. The molecule has 0 aliphatic rings. The van der Waals surface area contributed by atoms with Gasteiger partial charge in [0, 0.05) is 19.2 Å². The molecule has 0 aliphatic carbocycles. The highest BCUT2D eigenvalue weighted by atomic mass is 16.4. The van der Waals surface area contributed by atoms with Crippen molar-refractivity contribution in [3.8, 4) is 0 Å². The Balaban J connectivity index is 2.93. The molecule has 8 nitrogen and oxygen atoms in total. The molecule has 3 N–H and O–H groups in total. The SMILES string of the molecule is CC(=O)N[C@@H](Cn1ccc(=O)[nH]c1=O)C(=O)O. The van der Waals surface area contributed by atoms with Crippen molar-refractivity contribution in [2.45, 2.75) is 19.5 Å². The Hall–Kier alpha value is -2.38. The quantitative estimate of drug-likeness (QED) is 0.570. The summed E-state index contributed by atoms with van der Waals surface area (Å²) < 4.78 is 0.996. The third-order valence-corrected chi connectivity index (χ3v) is 1.95. The second-order valence-electron chi connectivity index (χ2n) is 3.35. The number of H-pyrrole nitrogens is 1. The van der Waals surface area contributed by atoms with Crippen LogP contribution in [0.3, 0.4) is 0 Å². The summed E-state index contributed by atoms with van der Waals surface area (Å²) in [6.07, 6.45) is 1.17. The van der Waals surface area contributed by atoms with Gasteiger partial charge in [0.2, 0.25) is 5.91 Å². The second-order valence-corrected chi connectivity index (χ2v) is 3.35. The molecule has 8 heteroatoms. The zero-order valence-corrected chi connectivity index (χ0v) is 8.97. The van der Waals surface area contributed by atoms with E-state index in [1.165, 1.54) is 13.1 Å². The first-order valence-electron chi connectivity index (χ1n) is 4.70. The molecular weight excluding hydrogens is 230 g/mol. The highest BCUT2D eigenvalue weighted by Gasteiger charge is 2.19. The van der Waals surface area contributed by atoms with Crippen LogP contribution >= 0.6 is 0 Å². The summed E-state index contributed by atoms with van der Waals surface area (Å²) in [5.74, 6) is -1.78. The lowest BCUT2D eigenvalue weighted by molar-refractivity contribution is -0.142. The minimum absolute atomic E-state index is 0.259. The zero-order chi connectivity index (χ0) is 13.0. The molecule has 1 aromatic heterocycles. The minimum atomic E-state index is -1.27. The van der Waals surface area contributed by atoms with Crippen molar-refractivity contribution in [3.05, 3.63) is 33.1 Å². The number of hydrogen-bond donors (Lipinski definition) is 3. The van der Waals surface area contributed by atoms with Crippen molar-refractivity contribution in [1.29, 1.82) is 0 Å². The highest BCUT2D eigenvalue weighted by molar-refractivity contribution is 5.81. The van der Waals surface area contributed by atoms with Crippen LogP contribution in [0.1, 0.15) is 6.92 Å². The summed E-state index contributed by atoms with van der Waals surface area (Å²) in [5, 5.41) is 11.0. The van der Waals surface area contributed by atoms with Crippen LogP contribution in [0.5, 0.6) is 0 Å². The molecule has 0 saturated carbocycles. The van der Waals surface area contributed by atoms with E-state index in [-0.39, 0.29) is 6.54 Å². The lowest BCUT2D eigenvalue weighted by Gasteiger charge is -2.14. The van der Waals surface area contributed by atoms with E-state index in [1.807, 2.05) is 4.98 Å². The van der Waals surface area contributed by atoms with Crippen LogP contribution in [0.15, 0.2) is 21.9 Å². The average molecular weight is 241 g/mol. The summed E-state index contributed by atoms with van der Waals surface area (Å²) in [4.78, 5) is 45.6. The van der Waals surface area contributed by atoms with Crippen LogP contribution in [-0.4, -0.2) is 32.6 Å². The van der Waals surface area contributed by atoms with Crippen LogP contribution in [-0.2, 0) is 16.1 Å². The molecule has 1 rings (SSSR count). The van der Waals surface area contributed by atoms with E-state index in [0.717, 1.165) is 10.6 Å². The predicted octanol–water partition coefficient (Wildman–Crippen LogP) is -1.87. The monoisotopic (exact) mass is 241 g/mol. The highest BCUT2D eigenvalue weighted by Crippen LogP contribution is 1.89. The number of hydrogen-bond acceptors (Lipinski definition) is 4. The van der Waals surface area contributed by atoms with Crippen molar-refractivity contribution < 1.29 is 14.7 Å². The zero-order valence-electron chi connectivity index (χ0n) is 8.97. The third-order valence-electron chi connectivity index (χ3n) is 1.95. The van der Waals surface area contributed by atoms with Gasteiger partial charge in [0.25, 0.3) is 5.56 Å². The molecule has 0 unspecified atom stereocenters. The van der Waals surface area contributed by atoms with E-state index in [9.17, 15) is 19.2 Å². The summed E-state index contributed by atoms with van der Waals surface area (Å²) >= 11 is 0. The summed E-state index contributed by atoms with van der Waals surface area (Å²) in [6.45, 7) is 0.913. The Bertz CT molecular complexity index is 544. The molecule has 1 atom stereocenters. The van der Waals surface area contributed by atoms with Crippen molar-refractivity contribution >= 4 is 11.9 Å². The molecular formula is C9H11N3O5. The Morgan fingerprint density at radius 1 is 1.53 bits per heavy atom. The van der Waals surface area contributed by atoms with Gasteiger partial charge in [-0.05, 0) is 0 Å². The summed E-state index contributed by atoms with van der Waals surface area (Å²) in [6, 6.07) is -0.134. The number of nitrogens with one attached hydrogen (secondary N) is 2. The standard InChI is InChI=1S/C9H11N3O5/c1-5(13)10-6(8(15)16)4-12-3-2-7(14)11-9(12)17/h2-3,6H,4H2,1H3,(H,10,13)(H,15,16)(H,11,14,17)/t6-/m0/s1. The third kappa shape index (κ3) is 3.59. The molecule has 0 aromatic carbocycles. The van der Waals surface area contributed by atoms with Gasteiger partial charge in [-0.3, -0.25) is 19.1 Å². The van der Waals surface area contributed by atoms with Gasteiger partial charge in [-0.1, -0.05) is 0 Å². The van der Waals surface area contributed by atoms with E-state index in [2.05, 4.69) is 5.32 Å². The Morgan fingerprint density at radius 2 is 2.18 bits per heavy atom. The molecule has 0 saturated heterocycles. The van der Waals surface area contributed by atoms with Crippen molar-refractivity contribution in [3.63, 3.8) is 0 Å². The van der Waals surface area contributed by atoms with Gasteiger partial charge in [-0.15, -0.1) is 0 Å². The van der Waals surface area contributed by atoms with Gasteiger partial charge in [0.1, 0.15) is 6.04 Å². The summed E-state index contributed by atoms with van der Waals surface area (Å²) in [7, 11) is 0. The number of aromatic nitrogens is 2. The van der Waals surface area contributed by atoms with E-state index in [0.29, 0.717) is 0 Å². The van der Waals surface area contributed by atoms with Crippen LogP contribution in [0.4, 0.5) is 0 Å². The lowest BCUT2D eigenvalue weighted by Crippen LogP contribution is -2.45. The first-order valence-corrected chi connectivity index (χ1v) is 4.70. The second kappa shape index (κ2) is 5.10. The molecule has 0 aliphatic heterocycles. The lowest BCUT2D eigenvalue weighted by atomic mass is 10.3. The number of carboxylic acids is 1. The average Bonchev–Trinajstić information content (AvgIpc) is 2.19. The van der Waals surface area contributed by atoms with Gasteiger partial charge in [0.05, 0.1) is 6.54 Å². The molecule has 17 heavy (non-hydrogen) atoms. The molecule has 0 spiro atoms. The number of rotatable bonds is 4. The van der Waals surface area contributed by atoms with Gasteiger partial charge >= 0.3 is 11.7 Å². The maximum absolute atomic E-state index is 11.3. The van der Waals surface area contributed by atoms with Crippen molar-refractivity contribution in [2.75, 3.05) is 0 Å². The molecule has 1 aromatic rings. The number of aromatic amines is 1. The fourth-order valence-corrected chi connectivity index (χ4v) is 1.22. The predicted molar refractivity (Wildman–Crippen MR) is 56.6 cm³/mol. The molecule has 0 radical (unpaired) electrons. The number of aliphatic carboxylic acids is 1.